The van der Waals surface area contributed by atoms with Gasteiger partial charge in [0.15, 0.2) is 5.78 Å². The maximum absolute atomic E-state index is 12.7. The van der Waals surface area contributed by atoms with Gasteiger partial charge in [0.2, 0.25) is 0 Å². The lowest BCUT2D eigenvalue weighted by Gasteiger charge is -2.27. The van der Waals surface area contributed by atoms with Crippen LogP contribution < -0.4 is 0 Å². The van der Waals surface area contributed by atoms with Crippen molar-refractivity contribution in [2.24, 2.45) is 11.3 Å². The molecule has 0 amide bonds. The molecule has 1 atom stereocenters. The monoisotopic (exact) mass is 284 g/mol. The van der Waals surface area contributed by atoms with Crippen LogP contribution in [0.5, 0.6) is 0 Å². The highest BCUT2D eigenvalue weighted by atomic mass is 19.4. The number of alkyl halides is 4. The molecule has 0 aliphatic rings. The van der Waals surface area contributed by atoms with Crippen LogP contribution in [-0.4, -0.2) is 23.7 Å². The van der Waals surface area contributed by atoms with Crippen molar-refractivity contribution in [1.29, 1.82) is 0 Å². The Labute approximate surface area is 110 Å². The number of hydrogen-bond acceptors (Lipinski definition) is 2. The molecule has 0 aromatic carbocycles. The van der Waals surface area contributed by atoms with E-state index in [2.05, 4.69) is 0 Å². The highest BCUT2D eigenvalue weighted by Crippen LogP contribution is 2.42. The van der Waals surface area contributed by atoms with Crippen LogP contribution in [0.2, 0.25) is 0 Å². The molecule has 0 saturated carbocycles. The van der Waals surface area contributed by atoms with E-state index >= 15 is 0 Å². The second-order valence-electron chi connectivity index (χ2n) is 4.99. The lowest BCUT2D eigenvalue weighted by atomic mass is 9.87. The van der Waals surface area contributed by atoms with Crippen LogP contribution >= 0.6 is 0 Å². The van der Waals surface area contributed by atoms with Crippen molar-refractivity contribution in [3.8, 4) is 0 Å². The molecule has 0 aliphatic heterocycles. The lowest BCUT2D eigenvalue weighted by Crippen LogP contribution is -2.34. The van der Waals surface area contributed by atoms with Gasteiger partial charge in [-0.1, -0.05) is 6.92 Å². The maximum Gasteiger partial charge on any atom is 0.400 e. The summed E-state index contributed by atoms with van der Waals surface area (Å²) in [6.07, 6.45) is -3.17. The quantitative estimate of drug-likeness (QED) is 0.428. The summed E-state index contributed by atoms with van der Waals surface area (Å²) in [6.45, 7) is 2.72. The molecule has 19 heavy (non-hydrogen) atoms. The summed E-state index contributed by atoms with van der Waals surface area (Å²) in [4.78, 5) is 11.7. The second-order valence-corrected chi connectivity index (χ2v) is 4.99. The summed E-state index contributed by atoms with van der Waals surface area (Å²) in [5.74, 6) is -2.16. The summed E-state index contributed by atoms with van der Waals surface area (Å²) in [5, 5.41) is 9.50. The summed E-state index contributed by atoms with van der Waals surface area (Å²) >= 11 is 0. The fraction of sp³-hybridized carbons (Fsp3) is 0.769. The van der Waals surface area contributed by atoms with Gasteiger partial charge in [0, 0.05) is 12.0 Å². The van der Waals surface area contributed by atoms with Gasteiger partial charge in [-0.25, -0.2) is 0 Å². The molecule has 0 saturated heterocycles. The van der Waals surface area contributed by atoms with Gasteiger partial charge in [0.05, 0.1) is 6.67 Å². The third-order valence-corrected chi connectivity index (χ3v) is 3.21. The Morgan fingerprint density at radius 1 is 1.32 bits per heavy atom. The average Bonchev–Trinajstić information content (AvgIpc) is 2.28. The highest BCUT2D eigenvalue weighted by molar-refractivity contribution is 5.92. The summed E-state index contributed by atoms with van der Waals surface area (Å²) in [5.41, 5.74) is -2.47. The van der Waals surface area contributed by atoms with Crippen molar-refractivity contribution < 1.29 is 27.5 Å². The number of hydrogen-bond donors (Lipinski definition) is 1. The van der Waals surface area contributed by atoms with E-state index in [1.807, 2.05) is 0 Å². The molecule has 1 unspecified atom stereocenters. The number of allylic oxidation sites excluding steroid dienone is 2. The summed E-state index contributed by atoms with van der Waals surface area (Å²) in [7, 11) is 0. The third kappa shape index (κ3) is 4.84. The number of aliphatic hydroxyl groups excluding tert-OH is 1. The van der Waals surface area contributed by atoms with Crippen molar-refractivity contribution >= 4 is 5.78 Å². The molecule has 0 aliphatic carbocycles. The fourth-order valence-corrected chi connectivity index (χ4v) is 1.45. The number of aliphatic hydroxyl groups is 1. The van der Waals surface area contributed by atoms with Crippen LogP contribution in [0.1, 0.15) is 40.0 Å². The molecular formula is C13H20F4O2. The minimum Gasteiger partial charge on any atom is -0.511 e. The van der Waals surface area contributed by atoms with Crippen molar-refractivity contribution in [1.82, 2.24) is 0 Å². The van der Waals surface area contributed by atoms with Crippen LogP contribution in [0.25, 0.3) is 0 Å². The van der Waals surface area contributed by atoms with Crippen LogP contribution in [-0.2, 0) is 4.79 Å². The van der Waals surface area contributed by atoms with Crippen LogP contribution in [0.3, 0.4) is 0 Å². The Bertz CT molecular complexity index is 332. The molecule has 0 radical (unpaired) electrons. The number of carbonyl (C=O) groups is 1. The molecule has 0 bridgehead atoms. The van der Waals surface area contributed by atoms with Gasteiger partial charge in [-0.3, -0.25) is 9.18 Å². The van der Waals surface area contributed by atoms with Gasteiger partial charge in [-0.05, 0) is 33.1 Å². The topological polar surface area (TPSA) is 37.3 Å². The van der Waals surface area contributed by atoms with E-state index in [0.29, 0.717) is 12.5 Å². The third-order valence-electron chi connectivity index (χ3n) is 3.21. The summed E-state index contributed by atoms with van der Waals surface area (Å²) < 4.78 is 50.0. The molecule has 0 rings (SSSR count). The Morgan fingerprint density at radius 3 is 2.21 bits per heavy atom. The van der Waals surface area contributed by atoms with E-state index in [4.69, 9.17) is 0 Å². The van der Waals surface area contributed by atoms with Crippen LogP contribution in [0, 0.1) is 11.3 Å². The average molecular weight is 284 g/mol. The Balaban J connectivity index is 4.97. The van der Waals surface area contributed by atoms with Crippen molar-refractivity contribution in [3.63, 3.8) is 0 Å². The first-order chi connectivity index (χ1) is 8.57. The molecule has 1 N–H and O–H groups in total. The molecule has 6 heteroatoms. The van der Waals surface area contributed by atoms with Gasteiger partial charge >= 0.3 is 6.18 Å². The summed E-state index contributed by atoms with van der Waals surface area (Å²) in [6, 6.07) is 0. The number of carbonyl (C=O) groups excluding carboxylic acids is 1. The first-order valence-corrected chi connectivity index (χ1v) is 6.15. The predicted octanol–water partition coefficient (Wildman–Crippen LogP) is 4.36. The van der Waals surface area contributed by atoms with E-state index in [9.17, 15) is 27.5 Å². The molecule has 0 aromatic rings. The molecule has 0 fully saturated rings. The van der Waals surface area contributed by atoms with Gasteiger partial charge in [0.1, 0.15) is 11.2 Å². The fourth-order valence-electron chi connectivity index (χ4n) is 1.45. The largest absolute Gasteiger partial charge is 0.511 e. The Hall–Kier alpha value is -1.07. The normalized spacial score (nSPS) is 15.4. The minimum atomic E-state index is -4.64. The van der Waals surface area contributed by atoms with Crippen LogP contribution in [0.4, 0.5) is 17.6 Å². The lowest BCUT2D eigenvalue weighted by molar-refractivity contribution is -0.206. The zero-order chi connectivity index (χ0) is 15.3. The highest BCUT2D eigenvalue weighted by Gasteiger charge is 2.50. The SMILES string of the molecule is CCC(CCCF)C(=O)/C=C(\O)C(C)(C)C(F)(F)F. The van der Waals surface area contributed by atoms with E-state index in [0.717, 1.165) is 13.8 Å². The van der Waals surface area contributed by atoms with Gasteiger partial charge in [-0.15, -0.1) is 0 Å². The smallest absolute Gasteiger partial charge is 0.400 e. The van der Waals surface area contributed by atoms with Crippen molar-refractivity contribution in [2.75, 3.05) is 6.67 Å². The molecular weight excluding hydrogens is 264 g/mol. The number of ketones is 1. The zero-order valence-corrected chi connectivity index (χ0v) is 11.4. The Kier molecular flexibility index (Phi) is 6.52. The van der Waals surface area contributed by atoms with Gasteiger partial charge in [0.25, 0.3) is 0 Å². The Morgan fingerprint density at radius 2 is 1.84 bits per heavy atom. The second kappa shape index (κ2) is 6.91. The molecule has 0 aromatic heterocycles. The minimum absolute atomic E-state index is 0.182. The first-order valence-electron chi connectivity index (χ1n) is 6.15. The first kappa shape index (κ1) is 17.9. The van der Waals surface area contributed by atoms with Crippen molar-refractivity contribution in [2.45, 2.75) is 46.2 Å². The van der Waals surface area contributed by atoms with Gasteiger partial charge in [-0.2, -0.15) is 13.2 Å². The number of halogens is 4. The van der Waals surface area contributed by atoms with E-state index < -0.39 is 35.7 Å². The van der Waals surface area contributed by atoms with Crippen molar-refractivity contribution in [3.05, 3.63) is 11.8 Å². The zero-order valence-electron chi connectivity index (χ0n) is 11.4. The van der Waals surface area contributed by atoms with E-state index in [1.165, 1.54) is 0 Å². The van der Waals surface area contributed by atoms with E-state index in [-0.39, 0.29) is 12.8 Å². The molecule has 0 spiro atoms. The van der Waals surface area contributed by atoms with Crippen LogP contribution in [0.15, 0.2) is 11.8 Å². The van der Waals surface area contributed by atoms with Gasteiger partial charge < -0.3 is 5.11 Å². The standard InChI is InChI=1S/C13H20F4O2/c1-4-9(6-5-7-14)10(18)8-11(19)12(2,3)13(15,16)17/h8-9,19H,4-7H2,1-3H3/b11-8-. The maximum atomic E-state index is 12.7. The number of rotatable bonds is 7. The molecule has 112 valence electrons. The molecule has 0 heterocycles. The predicted molar refractivity (Wildman–Crippen MR) is 64.5 cm³/mol. The van der Waals surface area contributed by atoms with E-state index in [1.54, 1.807) is 6.92 Å². The molecule has 2 nitrogen and oxygen atoms in total.